The Kier molecular flexibility index (Phi) is 2.46. The topological polar surface area (TPSA) is 71.2 Å². The van der Waals surface area contributed by atoms with Crippen molar-refractivity contribution in [2.45, 2.75) is 19.6 Å². The van der Waals surface area contributed by atoms with E-state index in [9.17, 15) is 4.79 Å². The standard InChI is InChI=1S/C13H14N6O/c20-13-16-15-12-9-17(5-6-18(12)13)8-10-7-14-19-4-2-1-3-11(10)19/h1-4,7H,5-6,8-9H2,(H,16,20). The van der Waals surface area contributed by atoms with Gasteiger partial charge in [-0.3, -0.25) is 9.47 Å². The second kappa shape index (κ2) is 4.31. The summed E-state index contributed by atoms with van der Waals surface area (Å²) < 4.78 is 3.58. The minimum absolute atomic E-state index is 0.115. The van der Waals surface area contributed by atoms with Crippen molar-refractivity contribution in [1.82, 2.24) is 29.3 Å². The summed E-state index contributed by atoms with van der Waals surface area (Å²) in [5.74, 6) is 0.803. The molecule has 1 N–H and O–H groups in total. The molecule has 0 amide bonds. The number of nitrogens with one attached hydrogen (secondary N) is 1. The van der Waals surface area contributed by atoms with E-state index in [0.717, 1.165) is 24.4 Å². The molecule has 0 unspecified atom stereocenters. The molecule has 0 aromatic carbocycles. The van der Waals surface area contributed by atoms with E-state index >= 15 is 0 Å². The summed E-state index contributed by atoms with van der Waals surface area (Å²) in [6.07, 6.45) is 3.85. The molecule has 0 saturated carbocycles. The van der Waals surface area contributed by atoms with E-state index in [1.807, 2.05) is 29.0 Å². The number of hydrogen-bond donors (Lipinski definition) is 1. The molecule has 7 heteroatoms. The van der Waals surface area contributed by atoms with Gasteiger partial charge in [-0.05, 0) is 12.1 Å². The van der Waals surface area contributed by atoms with Crippen LogP contribution in [0.4, 0.5) is 0 Å². The second-order valence-electron chi connectivity index (χ2n) is 5.01. The van der Waals surface area contributed by atoms with Crippen molar-refractivity contribution in [1.29, 1.82) is 0 Å². The van der Waals surface area contributed by atoms with Crippen LogP contribution in [0.25, 0.3) is 5.52 Å². The van der Waals surface area contributed by atoms with Gasteiger partial charge in [-0.2, -0.15) is 10.2 Å². The fraction of sp³-hybridized carbons (Fsp3) is 0.308. The van der Waals surface area contributed by atoms with Crippen molar-refractivity contribution in [2.24, 2.45) is 0 Å². The van der Waals surface area contributed by atoms with Crippen molar-refractivity contribution in [3.05, 3.63) is 52.5 Å². The molecule has 0 aliphatic carbocycles. The Bertz CT molecular complexity index is 813. The minimum Gasteiger partial charge on any atom is -0.290 e. The van der Waals surface area contributed by atoms with Gasteiger partial charge in [-0.25, -0.2) is 14.4 Å². The van der Waals surface area contributed by atoms with Gasteiger partial charge in [0.15, 0.2) is 0 Å². The van der Waals surface area contributed by atoms with E-state index in [2.05, 4.69) is 26.3 Å². The molecule has 0 radical (unpaired) electrons. The minimum atomic E-state index is -0.115. The Morgan fingerprint density at radius 1 is 1.30 bits per heavy atom. The van der Waals surface area contributed by atoms with Crippen molar-refractivity contribution in [3.8, 4) is 0 Å². The Balaban J connectivity index is 1.60. The van der Waals surface area contributed by atoms with E-state index in [4.69, 9.17) is 0 Å². The van der Waals surface area contributed by atoms with Gasteiger partial charge in [0.2, 0.25) is 0 Å². The van der Waals surface area contributed by atoms with Crippen LogP contribution in [-0.4, -0.2) is 35.8 Å². The van der Waals surface area contributed by atoms with Crippen molar-refractivity contribution in [2.75, 3.05) is 6.54 Å². The summed E-state index contributed by atoms with van der Waals surface area (Å²) in [4.78, 5) is 13.8. The number of aromatic amines is 1. The summed E-state index contributed by atoms with van der Waals surface area (Å²) >= 11 is 0. The lowest BCUT2D eigenvalue weighted by molar-refractivity contribution is 0.208. The number of aromatic nitrogens is 5. The third kappa shape index (κ3) is 1.75. The molecular weight excluding hydrogens is 256 g/mol. The molecule has 20 heavy (non-hydrogen) atoms. The zero-order valence-corrected chi connectivity index (χ0v) is 10.9. The number of pyridine rings is 1. The lowest BCUT2D eigenvalue weighted by Gasteiger charge is -2.26. The first-order valence-electron chi connectivity index (χ1n) is 6.59. The zero-order valence-electron chi connectivity index (χ0n) is 10.9. The maximum atomic E-state index is 11.5. The smallest absolute Gasteiger partial charge is 0.290 e. The lowest BCUT2D eigenvalue weighted by Crippen LogP contribution is -2.36. The molecule has 7 nitrogen and oxygen atoms in total. The summed E-state index contributed by atoms with van der Waals surface area (Å²) in [7, 11) is 0. The summed E-state index contributed by atoms with van der Waals surface area (Å²) in [6, 6.07) is 6.05. The quantitative estimate of drug-likeness (QED) is 0.724. The number of hydrogen-bond acceptors (Lipinski definition) is 4. The number of rotatable bonds is 2. The molecule has 0 atom stereocenters. The van der Waals surface area contributed by atoms with Gasteiger partial charge >= 0.3 is 5.69 Å². The highest BCUT2D eigenvalue weighted by Gasteiger charge is 2.20. The van der Waals surface area contributed by atoms with E-state index in [-0.39, 0.29) is 5.69 Å². The third-order valence-corrected chi connectivity index (χ3v) is 3.74. The molecule has 3 aromatic rings. The Labute approximate surface area is 114 Å². The van der Waals surface area contributed by atoms with Crippen molar-refractivity contribution in [3.63, 3.8) is 0 Å². The fourth-order valence-electron chi connectivity index (χ4n) is 2.71. The molecule has 102 valence electrons. The molecule has 4 rings (SSSR count). The Morgan fingerprint density at radius 3 is 3.20 bits per heavy atom. The van der Waals surface area contributed by atoms with Gasteiger partial charge < -0.3 is 0 Å². The highest BCUT2D eigenvalue weighted by atomic mass is 16.1. The predicted octanol–water partition coefficient (Wildman–Crippen LogP) is 0.235. The highest BCUT2D eigenvalue weighted by molar-refractivity contribution is 5.53. The molecular formula is C13H14N6O. The Hall–Kier alpha value is -2.41. The maximum Gasteiger partial charge on any atom is 0.343 e. The molecule has 0 fully saturated rings. The maximum absolute atomic E-state index is 11.5. The Morgan fingerprint density at radius 2 is 2.25 bits per heavy atom. The molecule has 1 aliphatic heterocycles. The van der Waals surface area contributed by atoms with Gasteiger partial charge in [0, 0.05) is 31.4 Å². The fourth-order valence-corrected chi connectivity index (χ4v) is 2.71. The lowest BCUT2D eigenvalue weighted by atomic mass is 10.2. The van der Waals surface area contributed by atoms with Gasteiger partial charge in [-0.15, -0.1) is 0 Å². The van der Waals surface area contributed by atoms with Crippen molar-refractivity contribution >= 4 is 5.52 Å². The number of fused-ring (bicyclic) bond motifs is 2. The number of H-pyrrole nitrogens is 1. The summed E-state index contributed by atoms with van der Waals surface area (Å²) in [6.45, 7) is 3.03. The third-order valence-electron chi connectivity index (χ3n) is 3.74. The molecule has 3 aromatic heterocycles. The molecule has 4 heterocycles. The van der Waals surface area contributed by atoms with Crippen LogP contribution in [-0.2, 0) is 19.6 Å². The first-order valence-corrected chi connectivity index (χ1v) is 6.59. The van der Waals surface area contributed by atoms with E-state index < -0.39 is 0 Å². The van der Waals surface area contributed by atoms with Gasteiger partial charge in [0.05, 0.1) is 18.3 Å². The molecule has 0 spiro atoms. The van der Waals surface area contributed by atoms with E-state index in [1.165, 1.54) is 5.56 Å². The molecule has 0 saturated heterocycles. The number of nitrogens with zero attached hydrogens (tertiary/aromatic N) is 5. The van der Waals surface area contributed by atoms with Crippen LogP contribution in [0.15, 0.2) is 35.4 Å². The normalized spacial score (nSPS) is 15.6. The first-order chi connectivity index (χ1) is 9.81. The average molecular weight is 270 g/mol. The van der Waals surface area contributed by atoms with Crippen LogP contribution in [0.3, 0.4) is 0 Å². The monoisotopic (exact) mass is 270 g/mol. The van der Waals surface area contributed by atoms with Gasteiger partial charge in [0.1, 0.15) is 5.82 Å². The largest absolute Gasteiger partial charge is 0.343 e. The van der Waals surface area contributed by atoms with Gasteiger partial charge in [-0.1, -0.05) is 6.07 Å². The highest BCUT2D eigenvalue weighted by Crippen LogP contribution is 2.16. The van der Waals surface area contributed by atoms with Crippen LogP contribution in [0.2, 0.25) is 0 Å². The molecule has 0 bridgehead atoms. The predicted molar refractivity (Wildman–Crippen MR) is 72.2 cm³/mol. The summed E-state index contributed by atoms with van der Waals surface area (Å²) in [5.41, 5.74) is 2.20. The summed E-state index contributed by atoms with van der Waals surface area (Å²) in [5, 5.41) is 10.9. The van der Waals surface area contributed by atoms with E-state index in [1.54, 1.807) is 4.57 Å². The van der Waals surface area contributed by atoms with Crippen LogP contribution in [0.5, 0.6) is 0 Å². The van der Waals surface area contributed by atoms with E-state index in [0.29, 0.717) is 13.1 Å². The van der Waals surface area contributed by atoms with Crippen LogP contribution >= 0.6 is 0 Å². The zero-order chi connectivity index (χ0) is 13.5. The van der Waals surface area contributed by atoms with Crippen LogP contribution in [0.1, 0.15) is 11.4 Å². The van der Waals surface area contributed by atoms with Crippen molar-refractivity contribution < 1.29 is 0 Å². The van der Waals surface area contributed by atoms with Crippen LogP contribution < -0.4 is 5.69 Å². The average Bonchev–Trinajstić information content (AvgIpc) is 3.04. The van der Waals surface area contributed by atoms with Gasteiger partial charge in [0.25, 0.3) is 0 Å². The van der Waals surface area contributed by atoms with Crippen LogP contribution in [0, 0.1) is 0 Å². The first kappa shape index (κ1) is 11.4. The second-order valence-corrected chi connectivity index (χ2v) is 5.01. The molecule has 1 aliphatic rings. The SMILES string of the molecule is O=c1[nH]nc2n1CCN(Cc1cnn3ccccc13)C2.